The zero-order chi connectivity index (χ0) is 15.5. The summed E-state index contributed by atoms with van der Waals surface area (Å²) in [6, 6.07) is 13.2. The number of fused-ring (bicyclic) bond motifs is 1. The molecule has 2 aromatic carbocycles. The summed E-state index contributed by atoms with van der Waals surface area (Å²) in [6.45, 7) is -0.453. The summed E-state index contributed by atoms with van der Waals surface area (Å²) in [7, 11) is 3.18. The van der Waals surface area contributed by atoms with Crippen LogP contribution in [0, 0.1) is 0 Å². The highest BCUT2D eigenvalue weighted by Gasteiger charge is 2.12. The van der Waals surface area contributed by atoms with E-state index in [-0.39, 0.29) is 5.82 Å². The fourth-order valence-electron chi connectivity index (χ4n) is 2.39. The van der Waals surface area contributed by atoms with Crippen LogP contribution in [0.25, 0.3) is 22.2 Å². The molecule has 0 N–H and O–H groups in total. The van der Waals surface area contributed by atoms with Crippen molar-refractivity contribution in [1.29, 1.82) is 0 Å². The molecule has 1 radical (unpaired) electrons. The number of rotatable bonds is 4. The van der Waals surface area contributed by atoms with Crippen LogP contribution in [-0.2, 0) is 11.7 Å². The number of methoxy groups -OCH3 is 2. The molecule has 3 rings (SSSR count). The summed E-state index contributed by atoms with van der Waals surface area (Å²) in [5, 5.41) is 12.1. The van der Waals surface area contributed by atoms with Crippen molar-refractivity contribution in [3.05, 3.63) is 48.3 Å². The predicted octanol–water partition coefficient (Wildman–Crippen LogP) is 3.24. The van der Waals surface area contributed by atoms with E-state index in [0.717, 1.165) is 22.2 Å². The van der Waals surface area contributed by atoms with Gasteiger partial charge in [0.25, 0.3) is 0 Å². The molecule has 1 aromatic heterocycles. The van der Waals surface area contributed by atoms with Crippen molar-refractivity contribution in [3.63, 3.8) is 0 Å². The van der Waals surface area contributed by atoms with Gasteiger partial charge < -0.3 is 9.47 Å². The first-order chi connectivity index (χ1) is 10.8. The van der Waals surface area contributed by atoms with Gasteiger partial charge in [-0.3, -0.25) is 0 Å². The van der Waals surface area contributed by atoms with E-state index in [1.54, 1.807) is 14.2 Å². The Balaban J connectivity index is 2.25. The molecule has 0 unspecified atom stereocenters. The van der Waals surface area contributed by atoms with Crippen molar-refractivity contribution in [1.82, 2.24) is 9.97 Å². The summed E-state index contributed by atoms with van der Waals surface area (Å²) in [5.41, 5.74) is 2.33. The Kier molecular flexibility index (Phi) is 3.89. The zero-order valence-corrected chi connectivity index (χ0v) is 12.4. The second-order valence-corrected chi connectivity index (χ2v) is 4.72. The highest BCUT2D eigenvalue weighted by molar-refractivity contribution is 5.92. The van der Waals surface area contributed by atoms with Gasteiger partial charge >= 0.3 is 0 Å². The number of nitrogens with zero attached hydrogens (tertiary/aromatic N) is 2. The van der Waals surface area contributed by atoms with E-state index in [9.17, 15) is 5.11 Å². The average molecular weight is 295 g/mol. The molecule has 0 aliphatic heterocycles. The van der Waals surface area contributed by atoms with Crippen LogP contribution in [0.1, 0.15) is 5.82 Å². The topological polar surface area (TPSA) is 64.1 Å². The fraction of sp³-hybridized carbons (Fsp3) is 0.176. The van der Waals surface area contributed by atoms with Gasteiger partial charge in [0.2, 0.25) is 0 Å². The molecule has 0 aliphatic rings. The minimum atomic E-state index is -0.453. The first-order valence-corrected chi connectivity index (χ1v) is 6.83. The lowest BCUT2D eigenvalue weighted by Gasteiger charge is -2.11. The van der Waals surface area contributed by atoms with Gasteiger partial charge in [-0.15, -0.1) is 0 Å². The fourth-order valence-corrected chi connectivity index (χ4v) is 2.39. The van der Waals surface area contributed by atoms with Gasteiger partial charge in [-0.05, 0) is 24.3 Å². The highest BCUT2D eigenvalue weighted by atomic mass is 16.5. The van der Waals surface area contributed by atoms with E-state index in [2.05, 4.69) is 9.97 Å². The van der Waals surface area contributed by atoms with Crippen LogP contribution < -0.4 is 9.47 Å². The Bertz CT molecular complexity index is 818. The summed E-state index contributed by atoms with van der Waals surface area (Å²) in [6.07, 6.45) is 0. The third-order valence-corrected chi connectivity index (χ3v) is 3.44. The Morgan fingerprint density at radius 2 is 1.73 bits per heavy atom. The monoisotopic (exact) mass is 295 g/mol. The number of benzene rings is 2. The Hall–Kier alpha value is -2.66. The standard InChI is InChI=1S/C17H15N2O3/c1-21-14-8-7-11(9-15(14)22-2)17-12-5-3-4-6-13(12)18-16(10-20)19-17/h3-9H,10H2,1-2H3. The molecule has 0 fully saturated rings. The predicted molar refractivity (Wildman–Crippen MR) is 82.5 cm³/mol. The van der Waals surface area contributed by atoms with Gasteiger partial charge in [-0.2, -0.15) is 0 Å². The maximum atomic E-state index is 11.2. The number of ether oxygens (including phenoxy) is 2. The maximum Gasteiger partial charge on any atom is 0.161 e. The molecule has 1 heterocycles. The first kappa shape index (κ1) is 14.3. The number of hydrogen-bond acceptors (Lipinski definition) is 4. The summed E-state index contributed by atoms with van der Waals surface area (Å²) in [5.74, 6) is 1.54. The van der Waals surface area contributed by atoms with E-state index in [1.807, 2.05) is 42.5 Å². The van der Waals surface area contributed by atoms with Gasteiger partial charge in [0.1, 0.15) is 6.61 Å². The van der Waals surface area contributed by atoms with E-state index < -0.39 is 6.61 Å². The smallest absolute Gasteiger partial charge is 0.161 e. The quantitative estimate of drug-likeness (QED) is 0.741. The summed E-state index contributed by atoms with van der Waals surface area (Å²) in [4.78, 5) is 8.68. The van der Waals surface area contributed by atoms with Gasteiger partial charge in [-0.25, -0.2) is 15.1 Å². The molecule has 3 aromatic rings. The van der Waals surface area contributed by atoms with Crippen LogP contribution in [0.2, 0.25) is 0 Å². The van der Waals surface area contributed by atoms with Crippen LogP contribution in [-0.4, -0.2) is 24.2 Å². The van der Waals surface area contributed by atoms with Crippen molar-refractivity contribution in [2.75, 3.05) is 14.2 Å². The molecule has 0 spiro atoms. The molecule has 0 bridgehead atoms. The Labute approximate surface area is 128 Å². The number of hydrogen-bond donors (Lipinski definition) is 0. The van der Waals surface area contributed by atoms with Crippen molar-refractivity contribution in [2.45, 2.75) is 6.61 Å². The second kappa shape index (κ2) is 5.99. The highest BCUT2D eigenvalue weighted by Crippen LogP contribution is 2.34. The van der Waals surface area contributed by atoms with Crippen LogP contribution >= 0.6 is 0 Å². The lowest BCUT2D eigenvalue weighted by atomic mass is 10.1. The zero-order valence-electron chi connectivity index (χ0n) is 12.4. The molecule has 111 valence electrons. The molecule has 22 heavy (non-hydrogen) atoms. The molecule has 0 atom stereocenters. The molecule has 0 aliphatic carbocycles. The van der Waals surface area contributed by atoms with Crippen molar-refractivity contribution < 1.29 is 14.6 Å². The Morgan fingerprint density at radius 3 is 2.45 bits per heavy atom. The third-order valence-electron chi connectivity index (χ3n) is 3.44. The minimum Gasteiger partial charge on any atom is -0.493 e. The van der Waals surface area contributed by atoms with E-state index in [0.29, 0.717) is 11.5 Å². The number of aromatic nitrogens is 2. The third kappa shape index (κ3) is 2.46. The largest absolute Gasteiger partial charge is 0.493 e. The van der Waals surface area contributed by atoms with Gasteiger partial charge in [0, 0.05) is 10.9 Å². The summed E-state index contributed by atoms with van der Waals surface area (Å²) < 4.78 is 10.6. The second-order valence-electron chi connectivity index (χ2n) is 4.72. The van der Waals surface area contributed by atoms with Crippen LogP contribution in [0.5, 0.6) is 11.5 Å². The summed E-state index contributed by atoms with van der Waals surface area (Å²) >= 11 is 0. The van der Waals surface area contributed by atoms with Crippen LogP contribution in [0.15, 0.2) is 42.5 Å². The van der Waals surface area contributed by atoms with E-state index >= 15 is 0 Å². The lowest BCUT2D eigenvalue weighted by Crippen LogP contribution is -1.98. The number of para-hydroxylation sites is 1. The minimum absolute atomic E-state index is 0.281. The SMILES string of the molecule is COc1ccc(-c2nc(C[O])nc3ccccc23)cc1OC. The molecular weight excluding hydrogens is 280 g/mol. The van der Waals surface area contributed by atoms with Crippen molar-refractivity contribution in [3.8, 4) is 22.8 Å². The molecule has 0 saturated heterocycles. The molecular formula is C17H15N2O3. The van der Waals surface area contributed by atoms with Crippen molar-refractivity contribution in [2.24, 2.45) is 0 Å². The van der Waals surface area contributed by atoms with E-state index in [4.69, 9.17) is 9.47 Å². The van der Waals surface area contributed by atoms with Crippen LogP contribution in [0.3, 0.4) is 0 Å². The normalized spacial score (nSPS) is 10.7. The molecule has 5 nitrogen and oxygen atoms in total. The average Bonchev–Trinajstić information content (AvgIpc) is 2.60. The molecule has 0 saturated carbocycles. The van der Waals surface area contributed by atoms with Gasteiger partial charge in [0.05, 0.1) is 25.4 Å². The first-order valence-electron chi connectivity index (χ1n) is 6.83. The van der Waals surface area contributed by atoms with Gasteiger partial charge in [0.15, 0.2) is 17.3 Å². The van der Waals surface area contributed by atoms with Crippen molar-refractivity contribution >= 4 is 10.9 Å². The lowest BCUT2D eigenvalue weighted by molar-refractivity contribution is 0.170. The maximum absolute atomic E-state index is 11.2. The van der Waals surface area contributed by atoms with E-state index in [1.165, 1.54) is 0 Å². The molecule has 5 heteroatoms. The molecule has 0 amide bonds. The Morgan fingerprint density at radius 1 is 0.955 bits per heavy atom. The van der Waals surface area contributed by atoms with Gasteiger partial charge in [-0.1, -0.05) is 18.2 Å². The van der Waals surface area contributed by atoms with Crippen LogP contribution in [0.4, 0.5) is 0 Å².